The molecule has 2 N–H and O–H groups in total. The van der Waals surface area contributed by atoms with E-state index in [-0.39, 0.29) is 5.41 Å². The van der Waals surface area contributed by atoms with E-state index in [0.717, 1.165) is 35.0 Å². The number of rotatable bonds is 1. The van der Waals surface area contributed by atoms with Gasteiger partial charge in [-0.2, -0.15) is 5.26 Å². The fourth-order valence-corrected chi connectivity index (χ4v) is 3.01. The number of fused-ring (bicyclic) bond motifs is 1. The molecule has 3 nitrogen and oxygen atoms in total. The predicted molar refractivity (Wildman–Crippen MR) is 65.2 cm³/mol. The lowest BCUT2D eigenvalue weighted by Gasteiger charge is -2.35. The molecular formula is C12H11N3S. The van der Waals surface area contributed by atoms with Gasteiger partial charge in [-0.25, -0.2) is 4.98 Å². The molecule has 3 rings (SSSR count). The van der Waals surface area contributed by atoms with Crippen molar-refractivity contribution in [2.24, 2.45) is 0 Å². The average molecular weight is 229 g/mol. The topological polar surface area (TPSA) is 62.7 Å². The summed E-state index contributed by atoms with van der Waals surface area (Å²) in [4.78, 5) is 4.22. The molecule has 2 aromatic rings. The molecule has 0 atom stereocenters. The molecule has 1 aromatic heterocycles. The van der Waals surface area contributed by atoms with Gasteiger partial charge in [0.15, 0.2) is 5.13 Å². The number of thiazole rings is 1. The maximum atomic E-state index is 9.28. The zero-order valence-corrected chi connectivity index (χ0v) is 9.55. The number of nitriles is 1. The molecular weight excluding hydrogens is 218 g/mol. The third-order valence-electron chi connectivity index (χ3n) is 3.38. The molecule has 0 radical (unpaired) electrons. The van der Waals surface area contributed by atoms with Crippen LogP contribution in [-0.4, -0.2) is 4.98 Å². The molecule has 0 unspecified atom stereocenters. The van der Waals surface area contributed by atoms with Crippen LogP contribution >= 0.6 is 11.3 Å². The molecule has 80 valence electrons. The van der Waals surface area contributed by atoms with Gasteiger partial charge in [0, 0.05) is 0 Å². The van der Waals surface area contributed by atoms with Gasteiger partial charge in [0.2, 0.25) is 0 Å². The van der Waals surface area contributed by atoms with E-state index in [0.29, 0.717) is 5.13 Å². The zero-order valence-electron chi connectivity index (χ0n) is 8.73. The summed E-state index contributed by atoms with van der Waals surface area (Å²) in [6.45, 7) is 0. The van der Waals surface area contributed by atoms with Crippen LogP contribution in [0.2, 0.25) is 0 Å². The van der Waals surface area contributed by atoms with Crippen LogP contribution in [0.15, 0.2) is 18.2 Å². The van der Waals surface area contributed by atoms with E-state index in [2.05, 4.69) is 17.1 Å². The molecule has 16 heavy (non-hydrogen) atoms. The first kappa shape index (κ1) is 9.61. The Morgan fingerprint density at radius 3 is 2.88 bits per heavy atom. The van der Waals surface area contributed by atoms with Gasteiger partial charge in [0.05, 0.1) is 21.7 Å². The second-order valence-corrected chi connectivity index (χ2v) is 5.34. The Bertz CT molecular complexity index is 590. The Morgan fingerprint density at radius 2 is 2.25 bits per heavy atom. The van der Waals surface area contributed by atoms with Crippen molar-refractivity contribution in [1.29, 1.82) is 5.26 Å². The maximum Gasteiger partial charge on any atom is 0.181 e. The molecule has 1 aromatic carbocycles. The number of aromatic nitrogens is 1. The lowest BCUT2D eigenvalue weighted by molar-refractivity contribution is 0.324. The molecule has 1 heterocycles. The van der Waals surface area contributed by atoms with Crippen molar-refractivity contribution < 1.29 is 0 Å². The second kappa shape index (κ2) is 3.19. The molecule has 1 saturated carbocycles. The monoisotopic (exact) mass is 229 g/mol. The Balaban J connectivity index is 2.15. The van der Waals surface area contributed by atoms with Crippen LogP contribution in [0, 0.1) is 11.3 Å². The van der Waals surface area contributed by atoms with Gasteiger partial charge in [-0.15, -0.1) is 0 Å². The number of benzene rings is 1. The summed E-state index contributed by atoms with van der Waals surface area (Å²) in [5.74, 6) is 0. The number of nitrogen functional groups attached to an aromatic ring is 1. The average Bonchev–Trinajstić information content (AvgIpc) is 2.56. The van der Waals surface area contributed by atoms with Crippen molar-refractivity contribution in [2.45, 2.75) is 24.7 Å². The van der Waals surface area contributed by atoms with E-state index in [4.69, 9.17) is 5.73 Å². The first-order valence-electron chi connectivity index (χ1n) is 5.31. The quantitative estimate of drug-likeness (QED) is 0.817. The smallest absolute Gasteiger partial charge is 0.181 e. The second-order valence-electron chi connectivity index (χ2n) is 4.28. The van der Waals surface area contributed by atoms with Gasteiger partial charge in [0.1, 0.15) is 0 Å². The van der Waals surface area contributed by atoms with Crippen LogP contribution in [-0.2, 0) is 5.41 Å². The summed E-state index contributed by atoms with van der Waals surface area (Å²) >= 11 is 1.48. The normalized spacial score (nSPS) is 17.9. The zero-order chi connectivity index (χ0) is 11.2. The number of hydrogen-bond acceptors (Lipinski definition) is 4. The first-order chi connectivity index (χ1) is 7.73. The SMILES string of the molecule is N#CC1(c2ccc3nc(N)sc3c2)CCC1. The largest absolute Gasteiger partial charge is 0.375 e. The lowest BCUT2D eigenvalue weighted by atomic mass is 9.65. The third kappa shape index (κ3) is 1.22. The van der Waals surface area contributed by atoms with Crippen molar-refractivity contribution in [1.82, 2.24) is 4.98 Å². The van der Waals surface area contributed by atoms with Crippen LogP contribution in [0.5, 0.6) is 0 Å². The molecule has 0 saturated heterocycles. The predicted octanol–water partition coefficient (Wildman–Crippen LogP) is 2.82. The highest BCUT2D eigenvalue weighted by molar-refractivity contribution is 7.22. The van der Waals surface area contributed by atoms with Crippen LogP contribution in [0.3, 0.4) is 0 Å². The molecule has 4 heteroatoms. The van der Waals surface area contributed by atoms with Gasteiger partial charge in [0.25, 0.3) is 0 Å². The van der Waals surface area contributed by atoms with E-state index >= 15 is 0 Å². The van der Waals surface area contributed by atoms with Gasteiger partial charge >= 0.3 is 0 Å². The van der Waals surface area contributed by atoms with Crippen LogP contribution < -0.4 is 5.73 Å². The van der Waals surface area contributed by atoms with Crippen LogP contribution in [0.25, 0.3) is 10.2 Å². The molecule has 0 amide bonds. The summed E-state index contributed by atoms with van der Waals surface area (Å²) in [5, 5.41) is 9.87. The van der Waals surface area contributed by atoms with Gasteiger partial charge in [-0.05, 0) is 37.0 Å². The first-order valence-corrected chi connectivity index (χ1v) is 6.13. The standard InChI is InChI=1S/C12H11N3S/c13-7-12(4-1-5-12)8-2-3-9-10(6-8)16-11(14)15-9/h2-3,6H,1,4-5H2,(H2,14,15). The number of anilines is 1. The lowest BCUT2D eigenvalue weighted by Crippen LogP contribution is -2.32. The summed E-state index contributed by atoms with van der Waals surface area (Å²) in [5.41, 5.74) is 7.48. The Morgan fingerprint density at radius 1 is 1.44 bits per heavy atom. The van der Waals surface area contributed by atoms with Crippen molar-refractivity contribution in [2.75, 3.05) is 5.73 Å². The van der Waals surface area contributed by atoms with Crippen molar-refractivity contribution in [3.8, 4) is 6.07 Å². The molecule has 1 aliphatic carbocycles. The Hall–Kier alpha value is -1.60. The van der Waals surface area contributed by atoms with Gasteiger partial charge in [-0.3, -0.25) is 0 Å². The van der Waals surface area contributed by atoms with Crippen molar-refractivity contribution >= 4 is 26.7 Å². The highest BCUT2D eigenvalue weighted by Crippen LogP contribution is 2.44. The van der Waals surface area contributed by atoms with E-state index in [1.807, 2.05) is 12.1 Å². The number of nitrogens with zero attached hydrogens (tertiary/aromatic N) is 2. The van der Waals surface area contributed by atoms with Crippen molar-refractivity contribution in [3.05, 3.63) is 23.8 Å². The maximum absolute atomic E-state index is 9.28. The summed E-state index contributed by atoms with van der Waals surface area (Å²) in [7, 11) is 0. The fourth-order valence-electron chi connectivity index (χ4n) is 2.24. The fraction of sp³-hybridized carbons (Fsp3) is 0.333. The van der Waals surface area contributed by atoms with Crippen LogP contribution in [0.1, 0.15) is 24.8 Å². The van der Waals surface area contributed by atoms with Crippen LogP contribution in [0.4, 0.5) is 5.13 Å². The molecule has 0 bridgehead atoms. The molecule has 0 spiro atoms. The third-order valence-corrected chi connectivity index (χ3v) is 4.23. The van der Waals surface area contributed by atoms with Gasteiger partial charge in [-0.1, -0.05) is 17.4 Å². The Labute approximate surface area is 97.5 Å². The highest BCUT2D eigenvalue weighted by atomic mass is 32.1. The van der Waals surface area contributed by atoms with Gasteiger partial charge < -0.3 is 5.73 Å². The number of nitrogens with two attached hydrogens (primary N) is 1. The Kier molecular flexibility index (Phi) is 1.92. The summed E-state index contributed by atoms with van der Waals surface area (Å²) in [6.07, 6.45) is 3.10. The van der Waals surface area contributed by atoms with E-state index in [1.165, 1.54) is 11.3 Å². The minimum absolute atomic E-state index is 0.243. The van der Waals surface area contributed by atoms with E-state index in [9.17, 15) is 5.26 Å². The molecule has 1 fully saturated rings. The molecule has 1 aliphatic rings. The number of hydrogen-bond donors (Lipinski definition) is 1. The molecule has 0 aliphatic heterocycles. The van der Waals surface area contributed by atoms with Crippen molar-refractivity contribution in [3.63, 3.8) is 0 Å². The minimum Gasteiger partial charge on any atom is -0.375 e. The minimum atomic E-state index is -0.243. The summed E-state index contributed by atoms with van der Waals surface area (Å²) < 4.78 is 1.08. The van der Waals surface area contributed by atoms with E-state index in [1.54, 1.807) is 0 Å². The van der Waals surface area contributed by atoms with E-state index < -0.39 is 0 Å². The summed E-state index contributed by atoms with van der Waals surface area (Å²) in [6, 6.07) is 8.52. The highest BCUT2D eigenvalue weighted by Gasteiger charge is 2.39.